The monoisotopic (exact) mass is 321 g/mol. The van der Waals surface area contributed by atoms with Gasteiger partial charge in [0.2, 0.25) is 0 Å². The van der Waals surface area contributed by atoms with Crippen molar-refractivity contribution in [3.63, 3.8) is 0 Å². The highest BCUT2D eigenvalue weighted by Gasteiger charge is 2.21. The number of aromatic nitrogens is 3. The molecule has 0 unspecified atom stereocenters. The smallest absolute Gasteiger partial charge is 0.254 e. The molecule has 0 saturated carbocycles. The lowest BCUT2D eigenvalue weighted by Gasteiger charge is -2.16. The van der Waals surface area contributed by atoms with Crippen LogP contribution in [0.25, 0.3) is 17.0 Å². The van der Waals surface area contributed by atoms with E-state index in [0.717, 1.165) is 37.3 Å². The molecule has 1 aliphatic heterocycles. The van der Waals surface area contributed by atoms with Crippen molar-refractivity contribution in [2.24, 2.45) is 0 Å². The number of rotatable bonds is 3. The van der Waals surface area contributed by atoms with Crippen LogP contribution in [0.15, 0.2) is 42.5 Å². The Bertz CT molecular complexity index is 881. The maximum absolute atomic E-state index is 12.7. The lowest BCUT2D eigenvalue weighted by atomic mass is 10.2. The highest BCUT2D eigenvalue weighted by Crippen LogP contribution is 2.22. The molecule has 1 aliphatic rings. The fourth-order valence-electron chi connectivity index (χ4n) is 3.10. The molecule has 1 saturated heterocycles. The summed E-state index contributed by atoms with van der Waals surface area (Å²) in [6, 6.07) is 13.5. The van der Waals surface area contributed by atoms with Gasteiger partial charge in [0.1, 0.15) is 5.82 Å². The number of likely N-dealkylation sites (tertiary alicyclic amines) is 1. The molecular formula is C18H19N5O. The minimum atomic E-state index is 0.0655. The van der Waals surface area contributed by atoms with Gasteiger partial charge in [-0.3, -0.25) is 4.79 Å². The third-order valence-electron chi connectivity index (χ3n) is 4.37. The van der Waals surface area contributed by atoms with Gasteiger partial charge >= 0.3 is 0 Å². The minimum absolute atomic E-state index is 0.0655. The first-order valence-corrected chi connectivity index (χ1v) is 8.19. The van der Waals surface area contributed by atoms with E-state index in [-0.39, 0.29) is 5.91 Å². The molecule has 0 atom stereocenters. The SMILES string of the molecule is CNc1cc(C(=O)N2CCCC2)cc2nc(-c3ccccc3)nn12. The van der Waals surface area contributed by atoms with E-state index >= 15 is 0 Å². The topological polar surface area (TPSA) is 62.5 Å². The van der Waals surface area contributed by atoms with E-state index in [1.807, 2.05) is 54.4 Å². The number of pyridine rings is 1. The van der Waals surface area contributed by atoms with E-state index in [1.54, 1.807) is 4.52 Å². The van der Waals surface area contributed by atoms with Crippen LogP contribution in [0, 0.1) is 0 Å². The van der Waals surface area contributed by atoms with Crippen LogP contribution in [-0.2, 0) is 0 Å². The zero-order valence-electron chi connectivity index (χ0n) is 13.6. The van der Waals surface area contributed by atoms with Crippen molar-refractivity contribution >= 4 is 17.4 Å². The summed E-state index contributed by atoms with van der Waals surface area (Å²) in [6.07, 6.45) is 2.16. The second-order valence-corrected chi connectivity index (χ2v) is 5.95. The summed E-state index contributed by atoms with van der Waals surface area (Å²) in [5.41, 5.74) is 2.28. The molecule has 6 nitrogen and oxygen atoms in total. The summed E-state index contributed by atoms with van der Waals surface area (Å²) in [7, 11) is 1.82. The van der Waals surface area contributed by atoms with Crippen LogP contribution in [0.2, 0.25) is 0 Å². The van der Waals surface area contributed by atoms with E-state index in [2.05, 4.69) is 15.4 Å². The molecule has 2 aromatic heterocycles. The van der Waals surface area contributed by atoms with Gasteiger partial charge in [-0.2, -0.15) is 4.52 Å². The fraction of sp³-hybridized carbons (Fsp3) is 0.278. The van der Waals surface area contributed by atoms with E-state index in [0.29, 0.717) is 17.0 Å². The molecule has 1 aromatic carbocycles. The van der Waals surface area contributed by atoms with E-state index in [1.165, 1.54) is 0 Å². The van der Waals surface area contributed by atoms with Crippen molar-refractivity contribution in [1.82, 2.24) is 19.5 Å². The molecule has 24 heavy (non-hydrogen) atoms. The van der Waals surface area contributed by atoms with E-state index in [4.69, 9.17) is 0 Å². The molecule has 0 radical (unpaired) electrons. The molecule has 3 aromatic rings. The number of hydrogen-bond acceptors (Lipinski definition) is 4. The Morgan fingerprint density at radius 1 is 1.12 bits per heavy atom. The number of benzene rings is 1. The summed E-state index contributed by atoms with van der Waals surface area (Å²) in [4.78, 5) is 19.2. The molecule has 0 bridgehead atoms. The number of hydrogen-bond donors (Lipinski definition) is 1. The number of carbonyl (C=O) groups excluding carboxylic acids is 1. The zero-order valence-corrected chi connectivity index (χ0v) is 13.6. The zero-order chi connectivity index (χ0) is 16.5. The van der Waals surface area contributed by atoms with Crippen molar-refractivity contribution < 1.29 is 4.79 Å². The third kappa shape index (κ3) is 2.50. The number of anilines is 1. The maximum atomic E-state index is 12.7. The van der Waals surface area contributed by atoms with Gasteiger partial charge in [-0.25, -0.2) is 4.98 Å². The van der Waals surface area contributed by atoms with Gasteiger partial charge in [-0.05, 0) is 25.0 Å². The average Bonchev–Trinajstić information content (AvgIpc) is 3.30. The Balaban J connectivity index is 1.79. The van der Waals surface area contributed by atoms with Crippen LogP contribution in [0.1, 0.15) is 23.2 Å². The lowest BCUT2D eigenvalue weighted by Crippen LogP contribution is -2.27. The van der Waals surface area contributed by atoms with Gasteiger partial charge in [0.25, 0.3) is 5.91 Å². The average molecular weight is 321 g/mol. The van der Waals surface area contributed by atoms with Crippen LogP contribution >= 0.6 is 0 Å². The first-order chi connectivity index (χ1) is 11.8. The maximum Gasteiger partial charge on any atom is 0.254 e. The van der Waals surface area contributed by atoms with Gasteiger partial charge in [0.05, 0.1) is 0 Å². The Morgan fingerprint density at radius 2 is 1.88 bits per heavy atom. The summed E-state index contributed by atoms with van der Waals surface area (Å²) in [6.45, 7) is 1.67. The lowest BCUT2D eigenvalue weighted by molar-refractivity contribution is 0.0793. The van der Waals surface area contributed by atoms with Gasteiger partial charge in [0, 0.05) is 31.3 Å². The van der Waals surface area contributed by atoms with Crippen molar-refractivity contribution in [1.29, 1.82) is 0 Å². The number of carbonyl (C=O) groups is 1. The van der Waals surface area contributed by atoms with Crippen LogP contribution in [0.5, 0.6) is 0 Å². The first kappa shape index (κ1) is 14.7. The van der Waals surface area contributed by atoms with Crippen LogP contribution in [0.4, 0.5) is 5.82 Å². The van der Waals surface area contributed by atoms with Crippen LogP contribution in [-0.4, -0.2) is 45.5 Å². The highest BCUT2D eigenvalue weighted by atomic mass is 16.2. The number of nitrogens with one attached hydrogen (secondary N) is 1. The van der Waals surface area contributed by atoms with Crippen molar-refractivity contribution in [3.05, 3.63) is 48.0 Å². The predicted molar refractivity (Wildman–Crippen MR) is 93.1 cm³/mol. The molecule has 4 rings (SSSR count). The Labute approximate surface area is 140 Å². The largest absolute Gasteiger partial charge is 0.373 e. The number of nitrogens with zero attached hydrogens (tertiary/aromatic N) is 4. The Morgan fingerprint density at radius 3 is 2.58 bits per heavy atom. The molecule has 6 heteroatoms. The molecule has 0 spiro atoms. The van der Waals surface area contributed by atoms with E-state index < -0.39 is 0 Å². The van der Waals surface area contributed by atoms with Gasteiger partial charge in [-0.15, -0.1) is 5.10 Å². The van der Waals surface area contributed by atoms with Crippen LogP contribution in [0.3, 0.4) is 0 Å². The minimum Gasteiger partial charge on any atom is -0.373 e. The summed E-state index contributed by atoms with van der Waals surface area (Å²) >= 11 is 0. The molecule has 0 aliphatic carbocycles. The fourth-order valence-corrected chi connectivity index (χ4v) is 3.10. The van der Waals surface area contributed by atoms with Crippen molar-refractivity contribution in [2.75, 3.05) is 25.5 Å². The molecule has 1 fully saturated rings. The van der Waals surface area contributed by atoms with Gasteiger partial charge in [-0.1, -0.05) is 30.3 Å². The number of fused-ring (bicyclic) bond motifs is 1. The predicted octanol–water partition coefficient (Wildman–Crippen LogP) is 2.67. The normalized spacial score (nSPS) is 14.3. The summed E-state index contributed by atoms with van der Waals surface area (Å²) in [5, 5.41) is 7.68. The van der Waals surface area contributed by atoms with Crippen molar-refractivity contribution in [3.8, 4) is 11.4 Å². The Kier molecular flexibility index (Phi) is 3.65. The summed E-state index contributed by atoms with van der Waals surface area (Å²) < 4.78 is 1.74. The molecule has 122 valence electrons. The van der Waals surface area contributed by atoms with Gasteiger partial charge < -0.3 is 10.2 Å². The standard InChI is InChI=1S/C18H19N5O/c1-19-15-11-14(18(24)22-9-5-6-10-22)12-16-20-17(21-23(15)16)13-7-3-2-4-8-13/h2-4,7-8,11-12,19H,5-6,9-10H2,1H3. The van der Waals surface area contributed by atoms with E-state index in [9.17, 15) is 4.79 Å². The molecule has 3 heterocycles. The second-order valence-electron chi connectivity index (χ2n) is 5.95. The molecular weight excluding hydrogens is 302 g/mol. The second kappa shape index (κ2) is 5.96. The van der Waals surface area contributed by atoms with Gasteiger partial charge in [0.15, 0.2) is 11.5 Å². The highest BCUT2D eigenvalue weighted by molar-refractivity contribution is 5.96. The van der Waals surface area contributed by atoms with Crippen LogP contribution < -0.4 is 5.32 Å². The molecule has 1 N–H and O–H groups in total. The summed E-state index contributed by atoms with van der Waals surface area (Å²) in [5.74, 6) is 1.47. The quantitative estimate of drug-likeness (QED) is 0.805. The third-order valence-corrected chi connectivity index (χ3v) is 4.37. The number of amides is 1. The Hall–Kier alpha value is -2.89. The molecule has 1 amide bonds. The first-order valence-electron chi connectivity index (χ1n) is 8.19. The van der Waals surface area contributed by atoms with Crippen molar-refractivity contribution in [2.45, 2.75) is 12.8 Å².